The van der Waals surface area contributed by atoms with Crippen molar-refractivity contribution in [2.75, 3.05) is 17.2 Å². The fourth-order valence-electron chi connectivity index (χ4n) is 3.47. The van der Waals surface area contributed by atoms with Gasteiger partial charge in [0.05, 0.1) is 16.8 Å². The van der Waals surface area contributed by atoms with Gasteiger partial charge in [-0.05, 0) is 48.5 Å². The van der Waals surface area contributed by atoms with Crippen LogP contribution in [-0.4, -0.2) is 39.1 Å². The second kappa shape index (κ2) is 8.64. The Bertz CT molecular complexity index is 1320. The third kappa shape index (κ3) is 4.21. The second-order valence-electron chi connectivity index (χ2n) is 7.27. The largest absolute Gasteiger partial charge is 0.332 e. The van der Waals surface area contributed by atoms with E-state index in [1.165, 1.54) is 11.3 Å². The summed E-state index contributed by atoms with van der Waals surface area (Å²) in [7, 11) is 0. The van der Waals surface area contributed by atoms with Crippen molar-refractivity contribution in [1.82, 2.24) is 14.9 Å². The third-order valence-electron chi connectivity index (χ3n) is 5.08. The minimum atomic E-state index is -0.458. The molecule has 0 unspecified atom stereocenters. The zero-order chi connectivity index (χ0) is 22.8. The first-order valence-electron chi connectivity index (χ1n) is 10.1. The van der Waals surface area contributed by atoms with Crippen LogP contribution >= 0.6 is 11.3 Å². The van der Waals surface area contributed by atoms with E-state index in [9.17, 15) is 14.4 Å². The molecule has 5 rings (SSSR count). The quantitative estimate of drug-likeness (QED) is 0.423. The number of fused-ring (bicyclic) bond motifs is 1. The lowest BCUT2D eigenvalue weighted by Crippen LogP contribution is -2.37. The molecule has 33 heavy (non-hydrogen) atoms. The van der Waals surface area contributed by atoms with E-state index in [0.29, 0.717) is 16.8 Å². The minimum Gasteiger partial charge on any atom is -0.332 e. The van der Waals surface area contributed by atoms with Crippen molar-refractivity contribution in [3.05, 3.63) is 89.6 Å². The van der Waals surface area contributed by atoms with Gasteiger partial charge in [0.1, 0.15) is 6.54 Å². The van der Waals surface area contributed by atoms with Gasteiger partial charge in [0.15, 0.2) is 5.13 Å². The predicted octanol–water partition coefficient (Wildman–Crippen LogP) is 4.18. The predicted molar refractivity (Wildman–Crippen MR) is 126 cm³/mol. The van der Waals surface area contributed by atoms with Gasteiger partial charge in [-0.25, -0.2) is 4.98 Å². The molecule has 0 aliphatic carbocycles. The van der Waals surface area contributed by atoms with Gasteiger partial charge >= 0.3 is 0 Å². The van der Waals surface area contributed by atoms with Crippen LogP contribution in [0.3, 0.4) is 0 Å². The molecule has 0 bridgehead atoms. The van der Waals surface area contributed by atoms with Crippen molar-refractivity contribution in [3.63, 3.8) is 0 Å². The normalized spacial score (nSPS) is 12.5. The molecule has 2 aromatic heterocycles. The standard InChI is InChI=1S/C24H17N5O3S/c30-21(13-29-22(31)18-3-1-2-4-19(18)23(29)32)26-16-5-7-17(8-6-16)27-24-28-20(14-33-24)15-9-11-25-12-10-15/h1-12,14H,13H2,(H,26,30)(H,27,28). The molecule has 0 radical (unpaired) electrons. The number of hydrogen-bond acceptors (Lipinski definition) is 7. The Labute approximate surface area is 192 Å². The number of anilines is 3. The van der Waals surface area contributed by atoms with Gasteiger partial charge in [0, 0.05) is 34.7 Å². The maximum absolute atomic E-state index is 12.4. The van der Waals surface area contributed by atoms with E-state index in [1.807, 2.05) is 29.6 Å². The number of thiazole rings is 1. The zero-order valence-electron chi connectivity index (χ0n) is 17.2. The summed E-state index contributed by atoms with van der Waals surface area (Å²) in [6.45, 7) is -0.344. The average molecular weight is 455 g/mol. The number of rotatable bonds is 6. The third-order valence-corrected chi connectivity index (χ3v) is 5.84. The van der Waals surface area contributed by atoms with E-state index in [1.54, 1.807) is 48.8 Å². The molecule has 2 N–H and O–H groups in total. The number of carbonyl (C=O) groups excluding carboxylic acids is 3. The number of nitrogens with one attached hydrogen (secondary N) is 2. The van der Waals surface area contributed by atoms with Gasteiger partial charge in [-0.15, -0.1) is 11.3 Å². The molecule has 3 amide bonds. The van der Waals surface area contributed by atoms with E-state index in [4.69, 9.17) is 0 Å². The Morgan fingerprint density at radius 3 is 2.18 bits per heavy atom. The minimum absolute atomic E-state index is 0.319. The summed E-state index contributed by atoms with van der Waals surface area (Å²) in [4.78, 5) is 46.8. The average Bonchev–Trinajstić information content (AvgIpc) is 3.40. The number of imide groups is 1. The number of nitrogens with zero attached hydrogens (tertiary/aromatic N) is 3. The zero-order valence-corrected chi connectivity index (χ0v) is 18.0. The Kier molecular flexibility index (Phi) is 5.37. The van der Waals surface area contributed by atoms with Crippen LogP contribution in [0.4, 0.5) is 16.5 Å². The number of aromatic nitrogens is 2. The molecule has 0 saturated carbocycles. The van der Waals surface area contributed by atoms with Crippen molar-refractivity contribution in [2.24, 2.45) is 0 Å². The van der Waals surface area contributed by atoms with Crippen molar-refractivity contribution in [3.8, 4) is 11.3 Å². The second-order valence-corrected chi connectivity index (χ2v) is 8.12. The SMILES string of the molecule is O=C(CN1C(=O)c2ccccc2C1=O)Nc1ccc(Nc2nc(-c3ccncc3)cs2)cc1. The highest BCUT2D eigenvalue weighted by molar-refractivity contribution is 7.14. The first-order chi connectivity index (χ1) is 16.1. The van der Waals surface area contributed by atoms with Gasteiger partial charge in [0.25, 0.3) is 11.8 Å². The van der Waals surface area contributed by atoms with Gasteiger partial charge in [-0.1, -0.05) is 12.1 Å². The molecule has 0 saturated heterocycles. The van der Waals surface area contributed by atoms with Gasteiger partial charge < -0.3 is 10.6 Å². The van der Waals surface area contributed by atoms with Gasteiger partial charge in [-0.2, -0.15) is 0 Å². The topological polar surface area (TPSA) is 104 Å². The van der Waals surface area contributed by atoms with Crippen molar-refractivity contribution < 1.29 is 14.4 Å². The first kappa shape index (κ1) is 20.5. The lowest BCUT2D eigenvalue weighted by molar-refractivity contribution is -0.116. The molecule has 0 fully saturated rings. The van der Waals surface area contributed by atoms with Gasteiger partial charge in [-0.3, -0.25) is 24.3 Å². The van der Waals surface area contributed by atoms with Crippen molar-refractivity contribution in [2.45, 2.75) is 0 Å². The Balaban J connectivity index is 1.19. The van der Waals surface area contributed by atoms with Crippen LogP contribution in [0, 0.1) is 0 Å². The maximum Gasteiger partial charge on any atom is 0.262 e. The number of hydrogen-bond donors (Lipinski definition) is 2. The molecule has 8 nitrogen and oxygen atoms in total. The number of benzene rings is 2. The molecule has 2 aromatic carbocycles. The van der Waals surface area contributed by atoms with Crippen LogP contribution in [0.5, 0.6) is 0 Å². The fourth-order valence-corrected chi connectivity index (χ4v) is 4.21. The number of amides is 3. The first-order valence-corrected chi connectivity index (χ1v) is 10.9. The van der Waals surface area contributed by atoms with E-state index in [-0.39, 0.29) is 6.54 Å². The number of carbonyl (C=O) groups is 3. The fraction of sp³-hybridized carbons (Fsp3) is 0.0417. The van der Waals surface area contributed by atoms with Crippen LogP contribution in [0.15, 0.2) is 78.4 Å². The van der Waals surface area contributed by atoms with Crippen LogP contribution < -0.4 is 10.6 Å². The lowest BCUT2D eigenvalue weighted by Gasteiger charge is -2.14. The van der Waals surface area contributed by atoms with Crippen molar-refractivity contribution >= 4 is 45.6 Å². The van der Waals surface area contributed by atoms with Crippen molar-refractivity contribution in [1.29, 1.82) is 0 Å². The molecule has 0 atom stereocenters. The van der Waals surface area contributed by atoms with Crippen LogP contribution in [0.25, 0.3) is 11.3 Å². The summed E-state index contributed by atoms with van der Waals surface area (Å²) in [6, 6.07) is 17.4. The molecule has 9 heteroatoms. The summed E-state index contributed by atoms with van der Waals surface area (Å²) in [5.41, 5.74) is 3.86. The molecular formula is C24H17N5O3S. The highest BCUT2D eigenvalue weighted by Crippen LogP contribution is 2.27. The van der Waals surface area contributed by atoms with Crippen LogP contribution in [0.2, 0.25) is 0 Å². The van der Waals surface area contributed by atoms with Gasteiger partial charge in [0.2, 0.25) is 5.91 Å². The summed E-state index contributed by atoms with van der Waals surface area (Å²) >= 11 is 1.49. The molecule has 1 aliphatic rings. The Hall–Kier alpha value is -4.37. The van der Waals surface area contributed by atoms with Crippen LogP contribution in [0.1, 0.15) is 20.7 Å². The molecule has 3 heterocycles. The highest BCUT2D eigenvalue weighted by Gasteiger charge is 2.36. The molecular weight excluding hydrogens is 438 g/mol. The Morgan fingerprint density at radius 1 is 0.879 bits per heavy atom. The summed E-state index contributed by atoms with van der Waals surface area (Å²) < 4.78 is 0. The number of pyridine rings is 1. The maximum atomic E-state index is 12.4. The summed E-state index contributed by atoms with van der Waals surface area (Å²) in [5.74, 6) is -1.37. The van der Waals surface area contributed by atoms with E-state index in [0.717, 1.165) is 27.0 Å². The summed E-state index contributed by atoms with van der Waals surface area (Å²) in [5, 5.41) is 8.66. The Morgan fingerprint density at radius 2 is 1.52 bits per heavy atom. The molecule has 1 aliphatic heterocycles. The molecule has 0 spiro atoms. The molecule has 162 valence electrons. The highest BCUT2D eigenvalue weighted by atomic mass is 32.1. The summed E-state index contributed by atoms with van der Waals surface area (Å²) in [6.07, 6.45) is 3.45. The van der Waals surface area contributed by atoms with E-state index >= 15 is 0 Å². The van der Waals surface area contributed by atoms with E-state index in [2.05, 4.69) is 20.6 Å². The van der Waals surface area contributed by atoms with Crippen LogP contribution in [-0.2, 0) is 4.79 Å². The van der Waals surface area contributed by atoms with E-state index < -0.39 is 17.7 Å². The monoisotopic (exact) mass is 455 g/mol. The molecule has 4 aromatic rings. The lowest BCUT2D eigenvalue weighted by atomic mass is 10.1. The smallest absolute Gasteiger partial charge is 0.262 e.